The molecule has 1 aromatic carbocycles. The summed E-state index contributed by atoms with van der Waals surface area (Å²) in [5.41, 5.74) is 1.15. The number of nitrogens with one attached hydrogen (secondary N) is 1. The molecule has 2 aromatic rings. The molecule has 0 fully saturated rings. The first-order valence-corrected chi connectivity index (χ1v) is 7.16. The number of benzene rings is 1. The zero-order chi connectivity index (χ0) is 15.4. The Morgan fingerprint density at radius 2 is 2.14 bits per heavy atom. The van der Waals surface area contributed by atoms with E-state index in [1.807, 2.05) is 0 Å². The first kappa shape index (κ1) is 15.2. The van der Waals surface area contributed by atoms with E-state index in [4.69, 9.17) is 0 Å². The van der Waals surface area contributed by atoms with Crippen LogP contribution in [0.1, 0.15) is 24.2 Å². The second-order valence-corrected chi connectivity index (χ2v) is 5.78. The molecule has 0 aliphatic heterocycles. The maximum Gasteiger partial charge on any atom is 0.237 e. The molecule has 7 nitrogen and oxygen atoms in total. The van der Waals surface area contributed by atoms with Gasteiger partial charge in [0.05, 0.1) is 5.25 Å². The number of carbonyl (C=O) groups excluding carboxylic acids is 2. The number of amides is 1. The lowest BCUT2D eigenvalue weighted by Crippen LogP contribution is -2.23. The number of aryl methyl sites for hydroxylation is 1. The van der Waals surface area contributed by atoms with Gasteiger partial charge in [-0.15, -0.1) is 5.10 Å². The van der Waals surface area contributed by atoms with E-state index in [-0.39, 0.29) is 16.9 Å². The largest absolute Gasteiger partial charge is 0.325 e. The number of anilines is 1. The molecule has 21 heavy (non-hydrogen) atoms. The number of hydrogen-bond acceptors (Lipinski definition) is 6. The minimum Gasteiger partial charge on any atom is -0.325 e. The van der Waals surface area contributed by atoms with Gasteiger partial charge in [-0.05, 0) is 36.4 Å². The van der Waals surface area contributed by atoms with Crippen molar-refractivity contribution in [1.29, 1.82) is 0 Å². The van der Waals surface area contributed by atoms with Gasteiger partial charge < -0.3 is 5.32 Å². The number of carbonyl (C=O) groups is 2. The maximum atomic E-state index is 12.1. The summed E-state index contributed by atoms with van der Waals surface area (Å²) < 4.78 is 1.50. The van der Waals surface area contributed by atoms with Gasteiger partial charge in [-0.2, -0.15) is 0 Å². The highest BCUT2D eigenvalue weighted by Gasteiger charge is 2.18. The van der Waals surface area contributed by atoms with E-state index < -0.39 is 0 Å². The quantitative estimate of drug-likeness (QED) is 0.665. The second-order valence-electron chi connectivity index (χ2n) is 4.47. The molecular formula is C13H15N5O2S. The molecule has 1 aromatic heterocycles. The van der Waals surface area contributed by atoms with Gasteiger partial charge in [0.1, 0.15) is 0 Å². The highest BCUT2D eigenvalue weighted by atomic mass is 32.2. The summed E-state index contributed by atoms with van der Waals surface area (Å²) in [6, 6.07) is 6.84. The van der Waals surface area contributed by atoms with Crippen molar-refractivity contribution in [1.82, 2.24) is 20.2 Å². The standard InChI is InChI=1S/C13H15N5O2S/c1-8(19)10-5-4-6-11(7-10)14-12(20)9(2)21-13-15-16-17-18(13)3/h4-7,9H,1-3H3,(H,14,20)/t9-/m1/s1. The van der Waals surface area contributed by atoms with Gasteiger partial charge in [-0.25, -0.2) is 4.68 Å². The second kappa shape index (κ2) is 6.49. The van der Waals surface area contributed by atoms with E-state index >= 15 is 0 Å². The molecule has 0 saturated carbocycles. The van der Waals surface area contributed by atoms with Crippen LogP contribution in [-0.4, -0.2) is 37.1 Å². The van der Waals surface area contributed by atoms with Crippen molar-refractivity contribution in [2.75, 3.05) is 5.32 Å². The van der Waals surface area contributed by atoms with E-state index in [0.29, 0.717) is 16.4 Å². The highest BCUT2D eigenvalue weighted by Crippen LogP contribution is 2.21. The van der Waals surface area contributed by atoms with Gasteiger partial charge in [0.2, 0.25) is 11.1 Å². The lowest BCUT2D eigenvalue weighted by atomic mass is 10.1. The Balaban J connectivity index is 2.02. The fourth-order valence-electron chi connectivity index (χ4n) is 1.59. The molecule has 0 aliphatic rings. The molecular weight excluding hydrogens is 290 g/mol. The highest BCUT2D eigenvalue weighted by molar-refractivity contribution is 8.00. The van der Waals surface area contributed by atoms with Crippen molar-refractivity contribution >= 4 is 29.1 Å². The smallest absolute Gasteiger partial charge is 0.237 e. The van der Waals surface area contributed by atoms with Crippen LogP contribution in [0.2, 0.25) is 0 Å². The topological polar surface area (TPSA) is 89.8 Å². The summed E-state index contributed by atoms with van der Waals surface area (Å²) in [6.45, 7) is 3.25. The van der Waals surface area contributed by atoms with Crippen molar-refractivity contribution in [2.24, 2.45) is 7.05 Å². The number of thioether (sulfide) groups is 1. The van der Waals surface area contributed by atoms with Gasteiger partial charge >= 0.3 is 0 Å². The van der Waals surface area contributed by atoms with Crippen LogP contribution in [0, 0.1) is 0 Å². The Kier molecular flexibility index (Phi) is 4.69. The molecule has 8 heteroatoms. The molecule has 0 unspecified atom stereocenters. The SMILES string of the molecule is CC(=O)c1cccc(NC(=O)[C@@H](C)Sc2nnnn2C)c1. The van der Waals surface area contributed by atoms with Crippen molar-refractivity contribution in [3.8, 4) is 0 Å². The van der Waals surface area contributed by atoms with E-state index in [1.54, 1.807) is 38.2 Å². The van der Waals surface area contributed by atoms with Crippen molar-refractivity contribution in [3.05, 3.63) is 29.8 Å². The van der Waals surface area contributed by atoms with Crippen LogP contribution in [0.25, 0.3) is 0 Å². The molecule has 0 radical (unpaired) electrons. The van der Waals surface area contributed by atoms with Crippen LogP contribution < -0.4 is 5.32 Å². The Morgan fingerprint density at radius 3 is 2.76 bits per heavy atom. The van der Waals surface area contributed by atoms with Crippen LogP contribution in [-0.2, 0) is 11.8 Å². The van der Waals surface area contributed by atoms with Crippen molar-refractivity contribution in [2.45, 2.75) is 24.3 Å². The summed E-state index contributed by atoms with van der Waals surface area (Å²) in [7, 11) is 1.71. The van der Waals surface area contributed by atoms with Crippen LogP contribution >= 0.6 is 11.8 Å². The normalized spacial score (nSPS) is 12.0. The lowest BCUT2D eigenvalue weighted by molar-refractivity contribution is -0.115. The summed E-state index contributed by atoms with van der Waals surface area (Å²) in [5.74, 6) is -0.220. The van der Waals surface area contributed by atoms with Crippen LogP contribution in [0.15, 0.2) is 29.4 Å². The van der Waals surface area contributed by atoms with Crippen LogP contribution in [0.4, 0.5) is 5.69 Å². The molecule has 1 N–H and O–H groups in total. The molecule has 2 rings (SSSR count). The van der Waals surface area contributed by atoms with Gasteiger partial charge in [0, 0.05) is 18.3 Å². The molecule has 0 saturated heterocycles. The Hall–Kier alpha value is -2.22. The monoisotopic (exact) mass is 305 g/mol. The van der Waals surface area contributed by atoms with E-state index in [2.05, 4.69) is 20.8 Å². The third kappa shape index (κ3) is 3.88. The van der Waals surface area contributed by atoms with E-state index in [0.717, 1.165) is 0 Å². The van der Waals surface area contributed by atoms with Crippen LogP contribution in [0.5, 0.6) is 0 Å². The summed E-state index contributed by atoms with van der Waals surface area (Å²) >= 11 is 1.26. The number of nitrogens with zero attached hydrogens (tertiary/aromatic N) is 4. The molecule has 0 bridgehead atoms. The molecule has 110 valence electrons. The maximum absolute atomic E-state index is 12.1. The molecule has 0 aliphatic carbocycles. The zero-order valence-electron chi connectivity index (χ0n) is 11.9. The predicted octanol–water partition coefficient (Wildman–Crippen LogP) is 1.53. The Morgan fingerprint density at radius 1 is 1.38 bits per heavy atom. The summed E-state index contributed by atoms with van der Waals surface area (Å²) in [6.07, 6.45) is 0. The minimum absolute atomic E-state index is 0.0429. The Bertz CT molecular complexity index is 670. The first-order chi connectivity index (χ1) is 9.97. The minimum atomic E-state index is -0.365. The summed E-state index contributed by atoms with van der Waals surface area (Å²) in [5, 5.41) is 14.0. The molecule has 1 amide bonds. The summed E-state index contributed by atoms with van der Waals surface area (Å²) in [4.78, 5) is 23.5. The lowest BCUT2D eigenvalue weighted by Gasteiger charge is -2.11. The average molecular weight is 305 g/mol. The van der Waals surface area contributed by atoms with E-state index in [9.17, 15) is 9.59 Å². The molecule has 1 atom stereocenters. The van der Waals surface area contributed by atoms with E-state index in [1.165, 1.54) is 23.4 Å². The van der Waals surface area contributed by atoms with Gasteiger partial charge in [0.15, 0.2) is 5.78 Å². The number of aromatic nitrogens is 4. The van der Waals surface area contributed by atoms with Gasteiger partial charge in [-0.1, -0.05) is 23.9 Å². The average Bonchev–Trinajstić information content (AvgIpc) is 2.84. The number of Topliss-reactive ketones (excluding diaryl/α,β-unsaturated/α-hetero) is 1. The van der Waals surface area contributed by atoms with Gasteiger partial charge in [-0.3, -0.25) is 9.59 Å². The molecule has 1 heterocycles. The van der Waals surface area contributed by atoms with Crippen molar-refractivity contribution in [3.63, 3.8) is 0 Å². The fraction of sp³-hybridized carbons (Fsp3) is 0.308. The van der Waals surface area contributed by atoms with Crippen LogP contribution in [0.3, 0.4) is 0 Å². The number of hydrogen-bond donors (Lipinski definition) is 1. The zero-order valence-corrected chi connectivity index (χ0v) is 12.7. The fourth-order valence-corrected chi connectivity index (χ4v) is 2.35. The third-order valence-electron chi connectivity index (χ3n) is 2.77. The molecule has 0 spiro atoms. The predicted molar refractivity (Wildman–Crippen MR) is 79.2 cm³/mol. The first-order valence-electron chi connectivity index (χ1n) is 6.28. The third-order valence-corrected chi connectivity index (χ3v) is 3.89. The Labute approximate surface area is 126 Å². The number of ketones is 1. The number of rotatable bonds is 5. The number of tetrazole rings is 1. The van der Waals surface area contributed by atoms with Gasteiger partial charge in [0.25, 0.3) is 0 Å². The van der Waals surface area contributed by atoms with Crippen molar-refractivity contribution < 1.29 is 9.59 Å².